The molecule has 4 heteroatoms. The molecule has 0 radical (unpaired) electrons. The van der Waals surface area contributed by atoms with E-state index in [2.05, 4.69) is 37.2 Å². The summed E-state index contributed by atoms with van der Waals surface area (Å²) in [5.74, 6) is 0.962. The molecular formula is C16H27FN2S. The van der Waals surface area contributed by atoms with E-state index in [9.17, 15) is 4.39 Å². The Morgan fingerprint density at radius 3 is 2.65 bits per heavy atom. The fourth-order valence-electron chi connectivity index (χ4n) is 2.37. The van der Waals surface area contributed by atoms with Gasteiger partial charge in [-0.05, 0) is 50.5 Å². The molecule has 1 aromatic rings. The number of hydrogen-bond acceptors (Lipinski definition) is 3. The third-order valence-corrected chi connectivity index (χ3v) is 4.39. The van der Waals surface area contributed by atoms with Crippen molar-refractivity contribution in [1.29, 1.82) is 0 Å². The second-order valence-corrected chi connectivity index (χ2v) is 6.18. The molecule has 20 heavy (non-hydrogen) atoms. The van der Waals surface area contributed by atoms with E-state index in [1.165, 1.54) is 0 Å². The Morgan fingerprint density at radius 1 is 1.35 bits per heavy atom. The molecule has 1 N–H and O–H groups in total. The first-order chi connectivity index (χ1) is 9.52. The van der Waals surface area contributed by atoms with Crippen LogP contribution in [0, 0.1) is 5.82 Å². The maximum atomic E-state index is 14.3. The summed E-state index contributed by atoms with van der Waals surface area (Å²) >= 11 is 1.83. The number of nitrogens with one attached hydrogen (secondary N) is 1. The Kier molecular flexibility index (Phi) is 7.38. The minimum atomic E-state index is -0.134. The second kappa shape index (κ2) is 8.53. The van der Waals surface area contributed by atoms with Gasteiger partial charge in [0.05, 0.1) is 5.69 Å². The molecule has 1 rings (SSSR count). The van der Waals surface area contributed by atoms with Crippen molar-refractivity contribution in [1.82, 2.24) is 5.32 Å². The Labute approximate surface area is 127 Å². The number of para-hydroxylation sites is 1. The predicted molar refractivity (Wildman–Crippen MR) is 89.4 cm³/mol. The van der Waals surface area contributed by atoms with Crippen molar-refractivity contribution < 1.29 is 4.39 Å². The number of benzene rings is 1. The quantitative estimate of drug-likeness (QED) is 0.778. The molecule has 2 unspecified atom stereocenters. The van der Waals surface area contributed by atoms with Gasteiger partial charge >= 0.3 is 0 Å². The maximum absolute atomic E-state index is 14.3. The lowest BCUT2D eigenvalue weighted by molar-refractivity contribution is 0.567. The van der Waals surface area contributed by atoms with Gasteiger partial charge in [0.15, 0.2) is 0 Å². The largest absolute Gasteiger partial charge is 0.369 e. The molecule has 0 aliphatic rings. The van der Waals surface area contributed by atoms with E-state index >= 15 is 0 Å². The summed E-state index contributed by atoms with van der Waals surface area (Å²) in [4.78, 5) is 2.08. The summed E-state index contributed by atoms with van der Waals surface area (Å²) in [6.07, 6.45) is 3.16. The van der Waals surface area contributed by atoms with Crippen LogP contribution in [0.3, 0.4) is 0 Å². The first kappa shape index (κ1) is 17.3. The summed E-state index contributed by atoms with van der Waals surface area (Å²) in [5, 5.41) is 3.37. The molecule has 2 nitrogen and oxygen atoms in total. The maximum Gasteiger partial charge on any atom is 0.146 e. The molecular weight excluding hydrogens is 271 g/mol. The standard InChI is InChI=1S/C16H27FN2S/c1-6-18-13(3)14-8-7-9-15(17)16(14)19(4)12(2)10-11-20-5/h7-9,12-13,18H,6,10-11H2,1-5H3. The van der Waals surface area contributed by atoms with Gasteiger partial charge in [-0.15, -0.1) is 0 Å². The Morgan fingerprint density at radius 2 is 2.05 bits per heavy atom. The van der Waals surface area contributed by atoms with E-state index in [-0.39, 0.29) is 11.9 Å². The van der Waals surface area contributed by atoms with Gasteiger partial charge in [0.2, 0.25) is 0 Å². The molecule has 0 saturated carbocycles. The molecule has 0 spiro atoms. The van der Waals surface area contributed by atoms with Crippen LogP contribution in [0.1, 0.15) is 38.8 Å². The monoisotopic (exact) mass is 298 g/mol. The zero-order chi connectivity index (χ0) is 15.1. The lowest BCUT2D eigenvalue weighted by atomic mass is 10.0. The summed E-state index contributed by atoms with van der Waals surface area (Å²) in [7, 11) is 1.99. The van der Waals surface area contributed by atoms with Gasteiger partial charge in [0, 0.05) is 19.1 Å². The fourth-order valence-corrected chi connectivity index (χ4v) is 2.95. The minimum absolute atomic E-state index is 0.134. The van der Waals surface area contributed by atoms with Crippen LogP contribution in [0.15, 0.2) is 18.2 Å². The van der Waals surface area contributed by atoms with E-state index in [4.69, 9.17) is 0 Å². The van der Waals surface area contributed by atoms with Gasteiger partial charge in [-0.1, -0.05) is 19.1 Å². The third kappa shape index (κ3) is 4.38. The Bertz CT molecular complexity index is 411. The normalized spacial score (nSPS) is 14.1. The van der Waals surface area contributed by atoms with Gasteiger partial charge in [0.25, 0.3) is 0 Å². The molecule has 0 fully saturated rings. The fraction of sp³-hybridized carbons (Fsp3) is 0.625. The van der Waals surface area contributed by atoms with E-state index in [0.29, 0.717) is 6.04 Å². The number of thioether (sulfide) groups is 1. The summed E-state index contributed by atoms with van der Waals surface area (Å²) < 4.78 is 14.3. The minimum Gasteiger partial charge on any atom is -0.369 e. The summed E-state index contributed by atoms with van der Waals surface area (Å²) in [5.41, 5.74) is 1.76. The average Bonchev–Trinajstić information content (AvgIpc) is 2.44. The van der Waals surface area contributed by atoms with Gasteiger partial charge in [0.1, 0.15) is 5.82 Å². The van der Waals surface area contributed by atoms with Gasteiger partial charge in [-0.25, -0.2) is 4.39 Å². The first-order valence-corrected chi connectivity index (χ1v) is 8.65. The molecule has 0 saturated heterocycles. The van der Waals surface area contributed by atoms with Crippen molar-refractivity contribution in [3.63, 3.8) is 0 Å². The van der Waals surface area contributed by atoms with Crippen molar-refractivity contribution in [2.45, 2.75) is 39.3 Å². The van der Waals surface area contributed by atoms with Crippen LogP contribution in [0.2, 0.25) is 0 Å². The van der Waals surface area contributed by atoms with Gasteiger partial charge < -0.3 is 10.2 Å². The first-order valence-electron chi connectivity index (χ1n) is 7.26. The molecule has 0 amide bonds. The molecule has 0 bridgehead atoms. The number of rotatable bonds is 8. The number of hydrogen-bond donors (Lipinski definition) is 1. The molecule has 114 valence electrons. The molecule has 0 aliphatic carbocycles. The average molecular weight is 298 g/mol. The van der Waals surface area contributed by atoms with Crippen LogP contribution in [-0.4, -0.2) is 31.6 Å². The van der Waals surface area contributed by atoms with E-state index in [1.54, 1.807) is 12.1 Å². The van der Waals surface area contributed by atoms with Crippen LogP contribution >= 0.6 is 11.8 Å². The van der Waals surface area contributed by atoms with Crippen LogP contribution < -0.4 is 10.2 Å². The van der Waals surface area contributed by atoms with Crippen molar-refractivity contribution in [3.05, 3.63) is 29.6 Å². The molecule has 0 aromatic heterocycles. The molecule has 1 aromatic carbocycles. The van der Waals surface area contributed by atoms with Crippen LogP contribution in [0.4, 0.5) is 10.1 Å². The predicted octanol–water partition coefficient (Wildman–Crippen LogP) is 4.07. The van der Waals surface area contributed by atoms with Crippen molar-refractivity contribution >= 4 is 17.4 Å². The van der Waals surface area contributed by atoms with Crippen molar-refractivity contribution in [3.8, 4) is 0 Å². The molecule has 0 heterocycles. The smallest absolute Gasteiger partial charge is 0.146 e. The Balaban J connectivity index is 3.02. The van der Waals surface area contributed by atoms with Crippen LogP contribution in [0.5, 0.6) is 0 Å². The zero-order valence-electron chi connectivity index (χ0n) is 13.2. The summed E-state index contributed by atoms with van der Waals surface area (Å²) in [6.45, 7) is 7.19. The summed E-state index contributed by atoms with van der Waals surface area (Å²) in [6, 6.07) is 5.84. The van der Waals surface area contributed by atoms with Crippen molar-refractivity contribution in [2.75, 3.05) is 30.5 Å². The second-order valence-electron chi connectivity index (χ2n) is 5.20. The molecule has 2 atom stereocenters. The van der Waals surface area contributed by atoms with Gasteiger partial charge in [-0.2, -0.15) is 11.8 Å². The van der Waals surface area contributed by atoms with E-state index in [0.717, 1.165) is 30.0 Å². The topological polar surface area (TPSA) is 15.3 Å². The lowest BCUT2D eigenvalue weighted by Gasteiger charge is -2.31. The Hall–Kier alpha value is -0.740. The highest BCUT2D eigenvalue weighted by Crippen LogP contribution is 2.30. The van der Waals surface area contributed by atoms with E-state index in [1.807, 2.05) is 24.9 Å². The molecule has 0 aliphatic heterocycles. The SMILES string of the molecule is CCNC(C)c1cccc(F)c1N(C)C(C)CCSC. The van der Waals surface area contributed by atoms with E-state index < -0.39 is 0 Å². The lowest BCUT2D eigenvalue weighted by Crippen LogP contribution is -2.32. The highest BCUT2D eigenvalue weighted by Gasteiger charge is 2.20. The number of anilines is 1. The van der Waals surface area contributed by atoms with Crippen LogP contribution in [-0.2, 0) is 0 Å². The number of halogens is 1. The third-order valence-electron chi connectivity index (χ3n) is 3.75. The van der Waals surface area contributed by atoms with Crippen LogP contribution in [0.25, 0.3) is 0 Å². The number of nitrogens with zero attached hydrogens (tertiary/aromatic N) is 1. The highest BCUT2D eigenvalue weighted by atomic mass is 32.2. The highest BCUT2D eigenvalue weighted by molar-refractivity contribution is 7.98. The van der Waals surface area contributed by atoms with Crippen molar-refractivity contribution in [2.24, 2.45) is 0 Å². The van der Waals surface area contributed by atoms with Gasteiger partial charge in [-0.3, -0.25) is 0 Å². The zero-order valence-corrected chi connectivity index (χ0v) is 14.1.